The molecule has 1 saturated carbocycles. The number of anilines is 2. The monoisotopic (exact) mass is 429 g/mol. The third kappa shape index (κ3) is 4.55. The first-order valence-electron chi connectivity index (χ1n) is 10.0. The van der Waals surface area contributed by atoms with Crippen LogP contribution in [0.15, 0.2) is 30.3 Å². The van der Waals surface area contributed by atoms with Crippen LogP contribution in [0.3, 0.4) is 0 Å². The van der Waals surface area contributed by atoms with E-state index in [0.717, 1.165) is 48.3 Å². The van der Waals surface area contributed by atoms with Crippen molar-refractivity contribution in [3.05, 3.63) is 59.2 Å². The summed E-state index contributed by atoms with van der Waals surface area (Å²) in [5.41, 5.74) is 2.73. The Morgan fingerprint density at radius 2 is 1.81 bits per heavy atom. The zero-order valence-electron chi connectivity index (χ0n) is 17.2. The van der Waals surface area contributed by atoms with Gasteiger partial charge >= 0.3 is 0 Å². The summed E-state index contributed by atoms with van der Waals surface area (Å²) in [4.78, 5) is 16.8. The van der Waals surface area contributed by atoms with Crippen molar-refractivity contribution in [1.29, 1.82) is 0 Å². The van der Waals surface area contributed by atoms with Crippen LogP contribution in [0, 0.1) is 31.3 Å². The third-order valence-electron chi connectivity index (χ3n) is 5.22. The van der Waals surface area contributed by atoms with Gasteiger partial charge in [-0.3, -0.25) is 14.5 Å². The second-order valence-electron chi connectivity index (χ2n) is 7.75. The number of amides is 1. The van der Waals surface area contributed by atoms with E-state index in [4.69, 9.17) is 0 Å². The normalized spacial score (nSPS) is 13.7. The molecule has 1 aliphatic rings. The van der Waals surface area contributed by atoms with Crippen molar-refractivity contribution in [2.75, 3.05) is 5.32 Å². The van der Waals surface area contributed by atoms with E-state index in [0.29, 0.717) is 5.69 Å². The molecule has 9 heteroatoms. The Bertz CT molecular complexity index is 1120. The molecule has 0 bridgehead atoms. The molecule has 2 aromatic heterocycles. The topological polar surface area (TPSA) is 71.8 Å². The van der Waals surface area contributed by atoms with Gasteiger partial charge < -0.3 is 10.6 Å². The van der Waals surface area contributed by atoms with Crippen molar-refractivity contribution < 1.29 is 18.0 Å². The van der Waals surface area contributed by atoms with Gasteiger partial charge in [-0.25, -0.2) is 13.2 Å². The molecule has 2 N–H and O–H groups in total. The molecule has 1 fully saturated rings. The predicted octanol–water partition coefficient (Wildman–Crippen LogP) is 4.39. The molecule has 0 radical (unpaired) electrons. The van der Waals surface area contributed by atoms with Gasteiger partial charge in [-0.2, -0.15) is 5.10 Å². The van der Waals surface area contributed by atoms with Crippen LogP contribution in [0.25, 0.3) is 11.3 Å². The maximum atomic E-state index is 14.1. The summed E-state index contributed by atoms with van der Waals surface area (Å²) in [7, 11) is 0. The van der Waals surface area contributed by atoms with Crippen LogP contribution in [-0.2, 0) is 11.3 Å². The van der Waals surface area contributed by atoms with Crippen LogP contribution in [0.5, 0.6) is 0 Å². The van der Waals surface area contributed by atoms with Crippen LogP contribution in [0.2, 0.25) is 0 Å². The van der Waals surface area contributed by atoms with E-state index < -0.39 is 17.5 Å². The lowest BCUT2D eigenvalue weighted by molar-refractivity contribution is -0.123. The predicted molar refractivity (Wildman–Crippen MR) is 110 cm³/mol. The Morgan fingerprint density at radius 1 is 1.10 bits per heavy atom. The molecule has 4 rings (SSSR count). The van der Waals surface area contributed by atoms with Gasteiger partial charge in [0.1, 0.15) is 6.54 Å². The van der Waals surface area contributed by atoms with E-state index in [2.05, 4.69) is 20.7 Å². The SMILES string of the molecule is Cc1cc(-c2cc(Nc3ccc(F)c(F)c3F)nn2CC(=O)NC2CCC2)cc(C)n1. The van der Waals surface area contributed by atoms with Gasteiger partial charge in [-0.1, -0.05) is 0 Å². The van der Waals surface area contributed by atoms with E-state index in [-0.39, 0.29) is 30.0 Å². The van der Waals surface area contributed by atoms with Gasteiger partial charge in [-0.05, 0) is 57.4 Å². The van der Waals surface area contributed by atoms with Gasteiger partial charge in [0.2, 0.25) is 5.91 Å². The van der Waals surface area contributed by atoms with E-state index in [1.54, 1.807) is 6.07 Å². The number of hydrogen-bond donors (Lipinski definition) is 2. The Hall–Kier alpha value is -3.36. The molecular weight excluding hydrogens is 407 g/mol. The standard InChI is InChI=1S/C22H22F3N5O/c1-12-8-14(9-13(2)26-12)18-10-19(28-17-7-6-16(23)21(24)22(17)25)29-30(18)11-20(31)27-15-4-3-5-15/h6-10,15H,3-5,11H2,1-2H3,(H,27,31)(H,28,29). The highest BCUT2D eigenvalue weighted by Crippen LogP contribution is 2.28. The Morgan fingerprint density at radius 3 is 2.45 bits per heavy atom. The lowest BCUT2D eigenvalue weighted by Gasteiger charge is -2.26. The zero-order chi connectivity index (χ0) is 22.1. The summed E-state index contributed by atoms with van der Waals surface area (Å²) in [6, 6.07) is 7.45. The summed E-state index contributed by atoms with van der Waals surface area (Å²) in [5.74, 6) is -4.16. The molecule has 1 aliphatic carbocycles. The molecule has 1 aromatic carbocycles. The van der Waals surface area contributed by atoms with Gasteiger partial charge in [0.05, 0.1) is 11.4 Å². The summed E-state index contributed by atoms with van der Waals surface area (Å²) in [5, 5.41) is 10.0. The molecule has 1 amide bonds. The number of carbonyl (C=O) groups is 1. The summed E-state index contributed by atoms with van der Waals surface area (Å²) < 4.78 is 42.4. The summed E-state index contributed by atoms with van der Waals surface area (Å²) >= 11 is 0. The van der Waals surface area contributed by atoms with Crippen molar-refractivity contribution in [3.63, 3.8) is 0 Å². The van der Waals surface area contributed by atoms with E-state index in [1.165, 1.54) is 4.68 Å². The highest BCUT2D eigenvalue weighted by atomic mass is 19.2. The largest absolute Gasteiger partial charge is 0.352 e. The number of rotatable bonds is 6. The van der Waals surface area contributed by atoms with Crippen LogP contribution < -0.4 is 10.6 Å². The van der Waals surface area contributed by atoms with Gasteiger partial charge in [0.25, 0.3) is 0 Å². The number of aryl methyl sites for hydroxylation is 2. The average Bonchev–Trinajstić information content (AvgIpc) is 3.07. The fourth-order valence-electron chi connectivity index (χ4n) is 3.54. The van der Waals surface area contributed by atoms with Crippen molar-refractivity contribution >= 4 is 17.4 Å². The minimum atomic E-state index is -1.56. The van der Waals surface area contributed by atoms with Gasteiger partial charge in [0.15, 0.2) is 23.3 Å². The quantitative estimate of drug-likeness (QED) is 0.570. The van der Waals surface area contributed by atoms with Crippen molar-refractivity contribution in [2.24, 2.45) is 0 Å². The summed E-state index contributed by atoms with van der Waals surface area (Å²) in [6.45, 7) is 3.68. The van der Waals surface area contributed by atoms with Crippen LogP contribution in [0.4, 0.5) is 24.7 Å². The molecule has 0 aliphatic heterocycles. The van der Waals surface area contributed by atoms with Crippen molar-refractivity contribution in [2.45, 2.75) is 45.7 Å². The van der Waals surface area contributed by atoms with Crippen LogP contribution >= 0.6 is 0 Å². The van der Waals surface area contributed by atoms with Gasteiger partial charge in [0, 0.05) is 29.1 Å². The minimum Gasteiger partial charge on any atom is -0.352 e. The third-order valence-corrected chi connectivity index (χ3v) is 5.22. The molecule has 31 heavy (non-hydrogen) atoms. The number of nitrogens with one attached hydrogen (secondary N) is 2. The lowest BCUT2D eigenvalue weighted by atomic mass is 9.93. The molecule has 2 heterocycles. The molecule has 162 valence electrons. The first kappa shape index (κ1) is 20.9. The van der Waals surface area contributed by atoms with Crippen LogP contribution in [0.1, 0.15) is 30.7 Å². The first-order valence-corrected chi connectivity index (χ1v) is 10.0. The maximum absolute atomic E-state index is 14.1. The van der Waals surface area contributed by atoms with Crippen molar-refractivity contribution in [3.8, 4) is 11.3 Å². The second-order valence-corrected chi connectivity index (χ2v) is 7.75. The average molecular weight is 429 g/mol. The van der Waals surface area contributed by atoms with Crippen LogP contribution in [-0.4, -0.2) is 26.7 Å². The minimum absolute atomic E-state index is 0.0335. The van der Waals surface area contributed by atoms with E-state index in [1.807, 2.05) is 26.0 Å². The molecule has 6 nitrogen and oxygen atoms in total. The van der Waals surface area contributed by atoms with E-state index >= 15 is 0 Å². The fraction of sp³-hybridized carbons (Fsp3) is 0.318. The van der Waals surface area contributed by atoms with Gasteiger partial charge in [-0.15, -0.1) is 0 Å². The smallest absolute Gasteiger partial charge is 0.241 e. The number of carbonyl (C=O) groups excluding carboxylic acids is 1. The Kier molecular flexibility index (Phi) is 5.67. The highest BCUT2D eigenvalue weighted by Gasteiger charge is 2.21. The second kappa shape index (κ2) is 8.41. The molecule has 0 spiro atoms. The Balaban J connectivity index is 1.67. The molecule has 0 saturated heterocycles. The lowest BCUT2D eigenvalue weighted by Crippen LogP contribution is -2.41. The number of aromatic nitrogens is 3. The van der Waals surface area contributed by atoms with Crippen molar-refractivity contribution in [1.82, 2.24) is 20.1 Å². The summed E-state index contributed by atoms with van der Waals surface area (Å²) in [6.07, 6.45) is 3.02. The fourth-order valence-corrected chi connectivity index (χ4v) is 3.54. The number of hydrogen-bond acceptors (Lipinski definition) is 4. The number of pyridine rings is 1. The zero-order valence-corrected chi connectivity index (χ0v) is 17.2. The maximum Gasteiger partial charge on any atom is 0.241 e. The Labute approximate surface area is 177 Å². The number of halogens is 3. The molecule has 0 unspecified atom stereocenters. The molecular formula is C22H22F3N5O. The van der Waals surface area contributed by atoms with E-state index in [9.17, 15) is 18.0 Å². The molecule has 0 atom stereocenters. The number of nitrogens with zero attached hydrogens (tertiary/aromatic N) is 3. The highest BCUT2D eigenvalue weighted by molar-refractivity contribution is 5.77. The first-order chi connectivity index (χ1) is 14.8. The number of benzene rings is 1. The molecule has 3 aromatic rings.